The van der Waals surface area contributed by atoms with Crippen LogP contribution in [-0.4, -0.2) is 12.5 Å². The summed E-state index contributed by atoms with van der Waals surface area (Å²) in [6.07, 6.45) is 0. The van der Waals surface area contributed by atoms with E-state index in [1.54, 1.807) is 24.3 Å². The molecule has 5 heteroatoms. The molecule has 0 aliphatic heterocycles. The summed E-state index contributed by atoms with van der Waals surface area (Å²) in [7, 11) is 0. The highest BCUT2D eigenvalue weighted by molar-refractivity contribution is 6.31. The molecule has 1 N–H and O–H groups in total. The van der Waals surface area contributed by atoms with Crippen LogP contribution in [-0.2, 0) is 6.61 Å². The zero-order valence-electron chi connectivity index (χ0n) is 15.9. The van der Waals surface area contributed by atoms with Gasteiger partial charge in [-0.05, 0) is 61.9 Å². The SMILES string of the molecule is CCOc1ccc(C(=O)Nc2cccc(Cl)c2C)cc1COc1ccccc1. The Balaban J connectivity index is 1.81. The molecule has 0 heterocycles. The summed E-state index contributed by atoms with van der Waals surface area (Å²) in [6, 6.07) is 20.3. The molecule has 3 aromatic carbocycles. The van der Waals surface area contributed by atoms with Crippen LogP contribution in [0.5, 0.6) is 11.5 Å². The molecule has 4 nitrogen and oxygen atoms in total. The van der Waals surface area contributed by atoms with Crippen molar-refractivity contribution < 1.29 is 14.3 Å². The molecular formula is C23H22ClNO3. The van der Waals surface area contributed by atoms with E-state index in [0.717, 1.165) is 16.9 Å². The lowest BCUT2D eigenvalue weighted by atomic mass is 10.1. The molecule has 0 atom stereocenters. The standard InChI is InChI=1S/C23H22ClNO3/c1-3-27-22-13-12-17(14-18(22)15-28-19-8-5-4-6-9-19)23(26)25-21-11-7-10-20(24)16(21)2/h4-14H,3,15H2,1-2H3,(H,25,26). The van der Waals surface area contributed by atoms with Gasteiger partial charge < -0.3 is 14.8 Å². The Morgan fingerprint density at radius 1 is 1.00 bits per heavy atom. The largest absolute Gasteiger partial charge is 0.493 e. The average molecular weight is 396 g/mol. The molecule has 0 fully saturated rings. The van der Waals surface area contributed by atoms with Gasteiger partial charge in [0.2, 0.25) is 0 Å². The topological polar surface area (TPSA) is 47.6 Å². The molecule has 0 saturated carbocycles. The quantitative estimate of drug-likeness (QED) is 0.543. The molecule has 3 rings (SSSR count). The summed E-state index contributed by atoms with van der Waals surface area (Å²) in [5.41, 5.74) is 2.85. The maximum atomic E-state index is 12.7. The van der Waals surface area contributed by atoms with Crippen LogP contribution in [0.3, 0.4) is 0 Å². The number of carbonyl (C=O) groups is 1. The highest BCUT2D eigenvalue weighted by Crippen LogP contribution is 2.26. The predicted molar refractivity (Wildman–Crippen MR) is 113 cm³/mol. The van der Waals surface area contributed by atoms with Gasteiger partial charge in [-0.1, -0.05) is 35.9 Å². The second kappa shape index (κ2) is 9.29. The van der Waals surface area contributed by atoms with Crippen molar-refractivity contribution in [2.45, 2.75) is 20.5 Å². The molecule has 0 saturated heterocycles. The van der Waals surface area contributed by atoms with Gasteiger partial charge in [-0.3, -0.25) is 4.79 Å². The molecule has 0 aromatic heterocycles. The predicted octanol–water partition coefficient (Wildman–Crippen LogP) is 5.88. The monoisotopic (exact) mass is 395 g/mol. The zero-order chi connectivity index (χ0) is 19.9. The van der Waals surface area contributed by atoms with Gasteiger partial charge in [0, 0.05) is 21.8 Å². The molecule has 0 radical (unpaired) electrons. The number of halogens is 1. The first-order chi connectivity index (χ1) is 13.6. The third-order valence-corrected chi connectivity index (χ3v) is 4.69. The Labute approximate surface area is 170 Å². The van der Waals surface area contributed by atoms with E-state index in [4.69, 9.17) is 21.1 Å². The molecule has 0 aliphatic carbocycles. The fraction of sp³-hybridized carbons (Fsp3) is 0.174. The van der Waals surface area contributed by atoms with E-state index in [2.05, 4.69) is 5.32 Å². The molecule has 144 valence electrons. The van der Waals surface area contributed by atoms with E-state index in [1.165, 1.54) is 0 Å². The van der Waals surface area contributed by atoms with Crippen molar-refractivity contribution in [1.82, 2.24) is 0 Å². The van der Waals surface area contributed by atoms with Gasteiger partial charge in [-0.15, -0.1) is 0 Å². The number of carbonyl (C=O) groups excluding carboxylic acids is 1. The van der Waals surface area contributed by atoms with E-state index < -0.39 is 0 Å². The summed E-state index contributed by atoms with van der Waals surface area (Å²) in [6.45, 7) is 4.63. The highest BCUT2D eigenvalue weighted by Gasteiger charge is 2.13. The van der Waals surface area contributed by atoms with Crippen LogP contribution in [0, 0.1) is 6.92 Å². The van der Waals surface area contributed by atoms with Crippen LogP contribution in [0.25, 0.3) is 0 Å². The highest BCUT2D eigenvalue weighted by atomic mass is 35.5. The van der Waals surface area contributed by atoms with E-state index in [9.17, 15) is 4.79 Å². The van der Waals surface area contributed by atoms with Gasteiger partial charge in [-0.2, -0.15) is 0 Å². The van der Waals surface area contributed by atoms with Gasteiger partial charge in [0.25, 0.3) is 5.91 Å². The van der Waals surface area contributed by atoms with Crippen molar-refractivity contribution in [2.24, 2.45) is 0 Å². The van der Waals surface area contributed by atoms with Crippen LogP contribution >= 0.6 is 11.6 Å². The molecule has 3 aromatic rings. The second-order valence-electron chi connectivity index (χ2n) is 6.22. The van der Waals surface area contributed by atoms with Gasteiger partial charge in [-0.25, -0.2) is 0 Å². The van der Waals surface area contributed by atoms with Crippen molar-refractivity contribution in [3.63, 3.8) is 0 Å². The van der Waals surface area contributed by atoms with Crippen LogP contribution in [0.2, 0.25) is 5.02 Å². The lowest BCUT2D eigenvalue weighted by Gasteiger charge is -2.14. The summed E-state index contributed by atoms with van der Waals surface area (Å²) >= 11 is 6.14. The third kappa shape index (κ3) is 4.84. The minimum Gasteiger partial charge on any atom is -0.493 e. The first kappa shape index (κ1) is 19.8. The first-order valence-corrected chi connectivity index (χ1v) is 9.46. The van der Waals surface area contributed by atoms with Gasteiger partial charge in [0.1, 0.15) is 18.1 Å². The molecule has 0 bridgehead atoms. The van der Waals surface area contributed by atoms with Gasteiger partial charge in [0.05, 0.1) is 6.61 Å². The Kier molecular flexibility index (Phi) is 6.56. The number of anilines is 1. The van der Waals surface area contributed by atoms with Crippen molar-refractivity contribution in [3.05, 3.63) is 88.4 Å². The number of ether oxygens (including phenoxy) is 2. The minimum atomic E-state index is -0.214. The van der Waals surface area contributed by atoms with Crippen LogP contribution < -0.4 is 14.8 Å². The molecule has 0 unspecified atom stereocenters. The maximum absolute atomic E-state index is 12.7. The van der Waals surface area contributed by atoms with Crippen molar-refractivity contribution in [1.29, 1.82) is 0 Å². The van der Waals surface area contributed by atoms with Gasteiger partial charge in [0.15, 0.2) is 0 Å². The number of amides is 1. The summed E-state index contributed by atoms with van der Waals surface area (Å²) in [4.78, 5) is 12.7. The van der Waals surface area contributed by atoms with E-state index in [1.807, 2.05) is 56.3 Å². The first-order valence-electron chi connectivity index (χ1n) is 9.08. The second-order valence-corrected chi connectivity index (χ2v) is 6.63. The lowest BCUT2D eigenvalue weighted by Crippen LogP contribution is -2.14. The number of hydrogen-bond acceptors (Lipinski definition) is 3. The summed E-state index contributed by atoms with van der Waals surface area (Å²) in [5.74, 6) is 1.25. The lowest BCUT2D eigenvalue weighted by molar-refractivity contribution is 0.102. The number of para-hydroxylation sites is 1. The Bertz CT molecular complexity index is 957. The van der Waals surface area contributed by atoms with E-state index >= 15 is 0 Å². The smallest absolute Gasteiger partial charge is 0.255 e. The Morgan fingerprint density at radius 2 is 1.79 bits per heavy atom. The summed E-state index contributed by atoms with van der Waals surface area (Å²) in [5, 5.41) is 3.53. The maximum Gasteiger partial charge on any atom is 0.255 e. The number of nitrogens with one attached hydrogen (secondary N) is 1. The van der Waals surface area contributed by atoms with Crippen molar-refractivity contribution >= 4 is 23.2 Å². The molecule has 28 heavy (non-hydrogen) atoms. The molecule has 0 aliphatic rings. The molecular weight excluding hydrogens is 374 g/mol. The Hall–Kier alpha value is -2.98. The fourth-order valence-corrected chi connectivity index (χ4v) is 2.92. The molecule has 1 amide bonds. The number of rotatable bonds is 7. The van der Waals surface area contributed by atoms with Crippen molar-refractivity contribution in [3.8, 4) is 11.5 Å². The van der Waals surface area contributed by atoms with E-state index in [0.29, 0.717) is 35.2 Å². The van der Waals surface area contributed by atoms with Crippen LogP contribution in [0.15, 0.2) is 66.7 Å². The Morgan fingerprint density at radius 3 is 2.54 bits per heavy atom. The zero-order valence-corrected chi connectivity index (χ0v) is 16.6. The summed E-state index contributed by atoms with van der Waals surface area (Å²) < 4.78 is 11.5. The number of hydrogen-bond donors (Lipinski definition) is 1. The van der Waals surface area contributed by atoms with Gasteiger partial charge >= 0.3 is 0 Å². The van der Waals surface area contributed by atoms with Crippen molar-refractivity contribution in [2.75, 3.05) is 11.9 Å². The minimum absolute atomic E-state index is 0.214. The third-order valence-electron chi connectivity index (χ3n) is 4.28. The fourth-order valence-electron chi connectivity index (χ4n) is 2.74. The van der Waals surface area contributed by atoms with Crippen LogP contribution in [0.1, 0.15) is 28.4 Å². The average Bonchev–Trinajstić information content (AvgIpc) is 2.71. The normalized spacial score (nSPS) is 10.4. The number of benzene rings is 3. The van der Waals surface area contributed by atoms with Crippen LogP contribution in [0.4, 0.5) is 5.69 Å². The molecule has 0 spiro atoms. The van der Waals surface area contributed by atoms with E-state index in [-0.39, 0.29) is 5.91 Å².